The molecule has 1 atom stereocenters. The van der Waals surface area contributed by atoms with Crippen molar-refractivity contribution in [2.24, 2.45) is 5.73 Å². The monoisotopic (exact) mass is 411 g/mol. The van der Waals surface area contributed by atoms with Crippen molar-refractivity contribution in [2.75, 3.05) is 17.7 Å². The van der Waals surface area contributed by atoms with Gasteiger partial charge in [0.05, 0.1) is 12.8 Å². The van der Waals surface area contributed by atoms with E-state index in [4.69, 9.17) is 15.6 Å². The lowest BCUT2D eigenvalue weighted by molar-refractivity contribution is -0.139. The molecule has 1 aliphatic carbocycles. The zero-order chi connectivity index (χ0) is 21.2. The minimum Gasteiger partial charge on any atom is -0.495 e. The van der Waals surface area contributed by atoms with Crippen molar-refractivity contribution in [3.8, 4) is 5.75 Å². The van der Waals surface area contributed by atoms with Crippen LogP contribution < -0.4 is 21.1 Å². The number of carboxylic acid groups (broad SMARTS) is 1. The number of methoxy groups -OCH3 is 1. The van der Waals surface area contributed by atoms with E-state index >= 15 is 0 Å². The van der Waals surface area contributed by atoms with Crippen LogP contribution in [0.5, 0.6) is 5.75 Å². The van der Waals surface area contributed by atoms with Gasteiger partial charge >= 0.3 is 12.1 Å². The highest BCUT2D eigenvalue weighted by molar-refractivity contribution is 5.74. The summed E-state index contributed by atoms with van der Waals surface area (Å²) >= 11 is 0. The summed E-state index contributed by atoms with van der Waals surface area (Å²) in [7, 11) is 1.41. The summed E-state index contributed by atoms with van der Waals surface area (Å²) in [5, 5.41) is 14.5. The van der Waals surface area contributed by atoms with Crippen LogP contribution in [-0.2, 0) is 17.4 Å². The number of nitrogens with one attached hydrogen (secondary N) is 2. The van der Waals surface area contributed by atoms with Crippen molar-refractivity contribution in [1.82, 2.24) is 9.97 Å². The number of aromatic nitrogens is 2. The Morgan fingerprint density at radius 1 is 1.41 bits per heavy atom. The maximum absolute atomic E-state index is 13.2. The maximum atomic E-state index is 13.2. The molecule has 5 N–H and O–H groups in total. The lowest BCUT2D eigenvalue weighted by atomic mass is 10.1. The van der Waals surface area contributed by atoms with Crippen molar-refractivity contribution < 1.29 is 27.8 Å². The number of rotatable bonds is 8. The molecule has 0 spiro atoms. The number of anilines is 3. The molecule has 29 heavy (non-hydrogen) atoms. The molecule has 0 aliphatic heterocycles. The van der Waals surface area contributed by atoms with Gasteiger partial charge in [0.1, 0.15) is 23.2 Å². The molecule has 8 nitrogen and oxygen atoms in total. The fraction of sp³-hybridized carbons (Fsp3) is 0.389. The van der Waals surface area contributed by atoms with Crippen LogP contribution in [-0.4, -0.2) is 40.2 Å². The smallest absolute Gasteiger partial charge is 0.421 e. The number of halogens is 3. The lowest BCUT2D eigenvalue weighted by Gasteiger charge is -2.16. The molecule has 1 fully saturated rings. The molecule has 1 aromatic heterocycles. The van der Waals surface area contributed by atoms with Crippen LogP contribution in [0.25, 0.3) is 0 Å². The fourth-order valence-electron chi connectivity index (χ4n) is 2.61. The van der Waals surface area contributed by atoms with E-state index in [-0.39, 0.29) is 24.2 Å². The first-order valence-corrected chi connectivity index (χ1v) is 8.80. The van der Waals surface area contributed by atoms with Gasteiger partial charge in [-0.1, -0.05) is 6.07 Å². The van der Waals surface area contributed by atoms with Gasteiger partial charge in [-0.25, -0.2) is 4.98 Å². The topological polar surface area (TPSA) is 122 Å². The lowest BCUT2D eigenvalue weighted by Crippen LogP contribution is -2.32. The van der Waals surface area contributed by atoms with Crippen molar-refractivity contribution in [1.29, 1.82) is 0 Å². The second-order valence-electron chi connectivity index (χ2n) is 6.68. The Balaban J connectivity index is 1.84. The highest BCUT2D eigenvalue weighted by atomic mass is 19.4. The Morgan fingerprint density at radius 3 is 2.72 bits per heavy atom. The normalized spacial score (nSPS) is 14.9. The van der Waals surface area contributed by atoms with Gasteiger partial charge in [0.2, 0.25) is 5.95 Å². The van der Waals surface area contributed by atoms with Crippen molar-refractivity contribution in [3.05, 3.63) is 35.5 Å². The second kappa shape index (κ2) is 8.11. The largest absolute Gasteiger partial charge is 0.495 e. The molecule has 0 saturated heterocycles. The van der Waals surface area contributed by atoms with Gasteiger partial charge in [0.25, 0.3) is 0 Å². The minimum absolute atomic E-state index is 0.0221. The van der Waals surface area contributed by atoms with E-state index in [1.165, 1.54) is 7.11 Å². The Morgan fingerprint density at radius 2 is 2.14 bits per heavy atom. The van der Waals surface area contributed by atoms with Gasteiger partial charge in [-0.15, -0.1) is 0 Å². The van der Waals surface area contributed by atoms with Crippen LogP contribution in [0.15, 0.2) is 24.4 Å². The van der Waals surface area contributed by atoms with Gasteiger partial charge in [0, 0.05) is 12.2 Å². The highest BCUT2D eigenvalue weighted by Crippen LogP contribution is 2.37. The van der Waals surface area contributed by atoms with E-state index in [9.17, 15) is 18.0 Å². The molecule has 0 radical (unpaired) electrons. The van der Waals surface area contributed by atoms with E-state index < -0.39 is 23.8 Å². The molecule has 3 rings (SSSR count). The summed E-state index contributed by atoms with van der Waals surface area (Å²) in [5.41, 5.74) is 5.65. The summed E-state index contributed by atoms with van der Waals surface area (Å²) in [5.74, 6) is -1.09. The number of alkyl halides is 3. The number of benzene rings is 1. The van der Waals surface area contributed by atoms with Crippen molar-refractivity contribution in [3.63, 3.8) is 0 Å². The molecular formula is C18H20F3N5O3. The third kappa shape index (κ3) is 5.25. The van der Waals surface area contributed by atoms with Gasteiger partial charge in [0.15, 0.2) is 0 Å². The molecule has 0 bridgehead atoms. The highest BCUT2D eigenvalue weighted by Gasteiger charge is 2.37. The third-order valence-electron chi connectivity index (χ3n) is 4.30. The molecule has 0 amide bonds. The van der Waals surface area contributed by atoms with Crippen LogP contribution >= 0.6 is 0 Å². The van der Waals surface area contributed by atoms with Gasteiger partial charge in [-0.2, -0.15) is 18.2 Å². The molecule has 156 valence electrons. The Hall–Kier alpha value is -3.08. The van der Waals surface area contributed by atoms with Crippen molar-refractivity contribution in [2.45, 2.75) is 37.5 Å². The van der Waals surface area contributed by atoms with Gasteiger partial charge < -0.3 is 26.2 Å². The first-order chi connectivity index (χ1) is 13.7. The SMILES string of the molecule is COc1cc(CC(N)C(=O)O)ccc1Nc1ncc(C(F)(F)F)c(NC2CC2)n1. The second-order valence-corrected chi connectivity index (χ2v) is 6.68. The molecule has 1 saturated carbocycles. The zero-order valence-electron chi connectivity index (χ0n) is 15.5. The number of nitrogens with zero attached hydrogens (tertiary/aromatic N) is 2. The maximum Gasteiger partial charge on any atom is 0.421 e. The zero-order valence-corrected chi connectivity index (χ0v) is 15.5. The van der Waals surface area contributed by atoms with E-state index in [2.05, 4.69) is 20.6 Å². The minimum atomic E-state index is -4.57. The van der Waals surface area contributed by atoms with Crippen molar-refractivity contribution >= 4 is 23.4 Å². The van der Waals surface area contributed by atoms with Crippen LogP contribution in [0, 0.1) is 0 Å². The number of hydrogen-bond donors (Lipinski definition) is 4. The number of carboxylic acids is 1. The van der Waals surface area contributed by atoms with Crippen LogP contribution in [0.4, 0.5) is 30.6 Å². The third-order valence-corrected chi connectivity index (χ3v) is 4.30. The molecular weight excluding hydrogens is 391 g/mol. The molecule has 1 aliphatic rings. The molecule has 1 heterocycles. The average molecular weight is 411 g/mol. The Kier molecular flexibility index (Phi) is 5.78. The molecule has 1 unspecified atom stereocenters. The molecule has 1 aromatic carbocycles. The predicted molar refractivity (Wildman–Crippen MR) is 99.3 cm³/mol. The molecule has 2 aromatic rings. The van der Waals surface area contributed by atoms with E-state index in [0.29, 0.717) is 17.0 Å². The van der Waals surface area contributed by atoms with E-state index in [1.54, 1.807) is 18.2 Å². The van der Waals surface area contributed by atoms with Crippen LogP contribution in [0.3, 0.4) is 0 Å². The van der Waals surface area contributed by atoms with Gasteiger partial charge in [-0.05, 0) is 37.0 Å². The quantitative estimate of drug-likeness (QED) is 0.523. The number of nitrogens with two attached hydrogens (primary N) is 1. The Bertz CT molecular complexity index is 903. The summed E-state index contributed by atoms with van der Waals surface area (Å²) in [6.45, 7) is 0. The summed E-state index contributed by atoms with van der Waals surface area (Å²) in [4.78, 5) is 18.6. The summed E-state index contributed by atoms with van der Waals surface area (Å²) < 4.78 is 44.8. The standard InChI is InChI=1S/C18H20F3N5O3/c1-29-14-7-9(6-12(22)16(27)28)2-5-13(14)25-17-23-8-11(18(19,20)21)15(26-17)24-10-3-4-10/h2,5,7-8,10,12H,3-4,6,22H2,1H3,(H,27,28)(H2,23,24,25,26). The number of ether oxygens (including phenoxy) is 1. The first-order valence-electron chi connectivity index (χ1n) is 8.80. The summed E-state index contributed by atoms with van der Waals surface area (Å²) in [6.07, 6.45) is -2.17. The van der Waals surface area contributed by atoms with Crippen LogP contribution in [0.2, 0.25) is 0 Å². The Labute approximate surface area is 164 Å². The predicted octanol–water partition coefficient (Wildman–Crippen LogP) is 2.78. The average Bonchev–Trinajstić information content (AvgIpc) is 3.46. The number of hydrogen-bond acceptors (Lipinski definition) is 7. The van der Waals surface area contributed by atoms with E-state index in [1.807, 2.05) is 0 Å². The van der Waals surface area contributed by atoms with Gasteiger partial charge in [-0.3, -0.25) is 4.79 Å². The first kappa shape index (κ1) is 20.6. The fourth-order valence-corrected chi connectivity index (χ4v) is 2.61. The number of aliphatic carboxylic acids is 1. The molecule has 11 heteroatoms. The van der Waals surface area contributed by atoms with Crippen LogP contribution in [0.1, 0.15) is 24.0 Å². The number of carbonyl (C=O) groups is 1. The van der Waals surface area contributed by atoms with E-state index in [0.717, 1.165) is 19.0 Å². The summed E-state index contributed by atoms with van der Waals surface area (Å²) in [6, 6.07) is 3.75.